The second-order valence-corrected chi connectivity index (χ2v) is 11.8. The van der Waals surface area contributed by atoms with E-state index in [1.54, 1.807) is 49.4 Å². The monoisotopic (exact) mass is 601 g/mol. The molecular formula is C28H32BrN3O5S. The molecule has 3 rings (SSSR count). The molecule has 1 atom stereocenters. The standard InChI is InChI=1S/C28H32BrN3O5S/c1-20(2)30-28(34)21(3)31(18-22-10-8-11-23(29)16-22)27(33)19-32(24-12-9-13-25(17-24)37-4)38(35,36)26-14-6-5-7-15-26/h5-17,20-21H,18-19H2,1-4H3,(H,30,34)/t21-/m0/s1. The van der Waals surface area contributed by atoms with Gasteiger partial charge in [-0.15, -0.1) is 0 Å². The van der Waals surface area contributed by atoms with Crippen molar-refractivity contribution < 1.29 is 22.7 Å². The molecule has 0 aromatic heterocycles. The summed E-state index contributed by atoms with van der Waals surface area (Å²) in [5.41, 5.74) is 1.05. The van der Waals surface area contributed by atoms with Gasteiger partial charge in [0.2, 0.25) is 11.8 Å². The molecule has 3 aromatic carbocycles. The Hall–Kier alpha value is -3.37. The van der Waals surface area contributed by atoms with E-state index in [2.05, 4.69) is 21.2 Å². The lowest BCUT2D eigenvalue weighted by molar-refractivity contribution is -0.139. The first-order valence-corrected chi connectivity index (χ1v) is 14.3. The molecule has 8 nitrogen and oxygen atoms in total. The van der Waals surface area contributed by atoms with Gasteiger partial charge in [-0.05, 0) is 62.7 Å². The van der Waals surface area contributed by atoms with Crippen molar-refractivity contribution in [2.45, 2.75) is 44.3 Å². The highest BCUT2D eigenvalue weighted by molar-refractivity contribution is 9.10. The van der Waals surface area contributed by atoms with E-state index in [1.807, 2.05) is 38.1 Å². The van der Waals surface area contributed by atoms with Crippen LogP contribution in [0.4, 0.5) is 5.69 Å². The quantitative estimate of drug-likeness (QED) is 0.347. The van der Waals surface area contributed by atoms with Crippen LogP contribution in [0.25, 0.3) is 0 Å². The van der Waals surface area contributed by atoms with Crippen LogP contribution in [0, 0.1) is 0 Å². The topological polar surface area (TPSA) is 96.0 Å². The Kier molecular flexibility index (Phi) is 9.93. The van der Waals surface area contributed by atoms with Crippen LogP contribution >= 0.6 is 15.9 Å². The molecule has 0 unspecified atom stereocenters. The summed E-state index contributed by atoms with van der Waals surface area (Å²) in [4.78, 5) is 28.3. The second-order valence-electron chi connectivity index (χ2n) is 9.02. The molecule has 1 N–H and O–H groups in total. The molecule has 2 amide bonds. The van der Waals surface area contributed by atoms with E-state index in [-0.39, 0.29) is 29.1 Å². The van der Waals surface area contributed by atoms with E-state index in [1.165, 1.54) is 24.1 Å². The maximum absolute atomic E-state index is 13.9. The van der Waals surface area contributed by atoms with Crippen molar-refractivity contribution in [3.8, 4) is 5.75 Å². The number of halogens is 1. The minimum atomic E-state index is -4.13. The molecule has 0 fully saturated rings. The van der Waals surface area contributed by atoms with Crippen molar-refractivity contribution in [1.82, 2.24) is 10.2 Å². The van der Waals surface area contributed by atoms with E-state index in [4.69, 9.17) is 4.74 Å². The zero-order valence-corrected chi connectivity index (χ0v) is 24.2. The molecule has 0 saturated carbocycles. The van der Waals surface area contributed by atoms with Crippen LogP contribution in [0.15, 0.2) is 88.2 Å². The molecule has 0 bridgehead atoms. The van der Waals surface area contributed by atoms with Crippen LogP contribution in [0.1, 0.15) is 26.3 Å². The molecule has 0 aliphatic carbocycles. The Morgan fingerprint density at radius 1 is 0.947 bits per heavy atom. The number of ether oxygens (including phenoxy) is 1. The lowest BCUT2D eigenvalue weighted by atomic mass is 10.1. The summed E-state index contributed by atoms with van der Waals surface area (Å²) in [6, 6.07) is 20.8. The minimum Gasteiger partial charge on any atom is -0.497 e. The normalized spacial score (nSPS) is 12.1. The zero-order valence-electron chi connectivity index (χ0n) is 21.8. The zero-order chi connectivity index (χ0) is 27.9. The first-order chi connectivity index (χ1) is 18.0. The van der Waals surface area contributed by atoms with Gasteiger partial charge in [-0.2, -0.15) is 0 Å². The summed E-state index contributed by atoms with van der Waals surface area (Å²) >= 11 is 3.44. The summed E-state index contributed by atoms with van der Waals surface area (Å²) in [6.45, 7) is 4.90. The maximum atomic E-state index is 13.9. The molecule has 3 aromatic rings. The fraction of sp³-hybridized carbons (Fsp3) is 0.286. The molecule has 0 spiro atoms. The third-order valence-electron chi connectivity index (χ3n) is 5.79. The number of rotatable bonds is 11. The van der Waals surface area contributed by atoms with Gasteiger partial charge in [-0.3, -0.25) is 13.9 Å². The number of nitrogens with zero attached hydrogens (tertiary/aromatic N) is 2. The average molecular weight is 603 g/mol. The van der Waals surface area contributed by atoms with E-state index >= 15 is 0 Å². The van der Waals surface area contributed by atoms with Gasteiger partial charge < -0.3 is 15.0 Å². The van der Waals surface area contributed by atoms with Gasteiger partial charge >= 0.3 is 0 Å². The molecule has 10 heteroatoms. The second kappa shape index (κ2) is 12.9. The average Bonchev–Trinajstić information content (AvgIpc) is 2.90. The van der Waals surface area contributed by atoms with Gasteiger partial charge in [0, 0.05) is 23.1 Å². The number of carbonyl (C=O) groups is 2. The molecule has 202 valence electrons. The molecule has 0 radical (unpaired) electrons. The van der Waals surface area contributed by atoms with Gasteiger partial charge in [-0.25, -0.2) is 8.42 Å². The van der Waals surface area contributed by atoms with Crippen molar-refractivity contribution in [3.63, 3.8) is 0 Å². The maximum Gasteiger partial charge on any atom is 0.264 e. The summed E-state index contributed by atoms with van der Waals surface area (Å²) < 4.78 is 34.7. The fourth-order valence-electron chi connectivity index (χ4n) is 3.83. The summed E-state index contributed by atoms with van der Waals surface area (Å²) in [5, 5.41) is 2.84. The first-order valence-electron chi connectivity index (χ1n) is 12.1. The number of benzene rings is 3. The smallest absolute Gasteiger partial charge is 0.264 e. The molecule has 0 aliphatic rings. The Morgan fingerprint density at radius 3 is 2.26 bits per heavy atom. The number of nitrogens with one attached hydrogen (secondary N) is 1. The lowest BCUT2D eigenvalue weighted by Gasteiger charge is -2.32. The van der Waals surface area contributed by atoms with E-state index in [9.17, 15) is 18.0 Å². The van der Waals surface area contributed by atoms with Crippen molar-refractivity contribution in [2.75, 3.05) is 18.0 Å². The van der Waals surface area contributed by atoms with Crippen molar-refractivity contribution >= 4 is 43.5 Å². The third kappa shape index (κ3) is 7.35. The molecule has 0 heterocycles. The minimum absolute atomic E-state index is 0.0414. The molecule has 38 heavy (non-hydrogen) atoms. The number of carbonyl (C=O) groups excluding carboxylic acids is 2. The van der Waals surface area contributed by atoms with Crippen LogP contribution in [0.5, 0.6) is 5.75 Å². The predicted octanol–water partition coefficient (Wildman–Crippen LogP) is 4.59. The number of methoxy groups -OCH3 is 1. The van der Waals surface area contributed by atoms with Crippen LogP contribution < -0.4 is 14.4 Å². The van der Waals surface area contributed by atoms with Crippen LogP contribution in [0.3, 0.4) is 0 Å². The van der Waals surface area contributed by atoms with Gasteiger partial charge in [-0.1, -0.05) is 52.3 Å². The summed E-state index contributed by atoms with van der Waals surface area (Å²) in [7, 11) is -2.65. The number of sulfonamides is 1. The van der Waals surface area contributed by atoms with Gasteiger partial charge in [0.25, 0.3) is 10.0 Å². The van der Waals surface area contributed by atoms with Crippen molar-refractivity contribution in [3.05, 3.63) is 88.9 Å². The van der Waals surface area contributed by atoms with Crippen LogP contribution in [-0.4, -0.2) is 50.9 Å². The third-order valence-corrected chi connectivity index (χ3v) is 8.07. The largest absolute Gasteiger partial charge is 0.497 e. The number of hydrogen-bond donors (Lipinski definition) is 1. The SMILES string of the molecule is COc1cccc(N(CC(=O)N(Cc2cccc(Br)c2)[C@@H](C)C(=O)NC(C)C)S(=O)(=O)c2ccccc2)c1. The summed E-state index contributed by atoms with van der Waals surface area (Å²) in [5.74, 6) is -0.417. The highest BCUT2D eigenvalue weighted by Gasteiger charge is 2.32. The highest BCUT2D eigenvalue weighted by Crippen LogP contribution is 2.27. The fourth-order valence-corrected chi connectivity index (χ4v) is 5.71. The van der Waals surface area contributed by atoms with Crippen LogP contribution in [0.2, 0.25) is 0 Å². The van der Waals surface area contributed by atoms with Crippen molar-refractivity contribution in [2.24, 2.45) is 0 Å². The number of hydrogen-bond acceptors (Lipinski definition) is 5. The molecule has 0 aliphatic heterocycles. The lowest BCUT2D eigenvalue weighted by Crippen LogP contribution is -2.52. The van der Waals surface area contributed by atoms with E-state index in [0.29, 0.717) is 5.75 Å². The highest BCUT2D eigenvalue weighted by atomic mass is 79.9. The Morgan fingerprint density at radius 2 is 1.63 bits per heavy atom. The Bertz CT molecular complexity index is 1370. The Labute approximate surface area is 232 Å². The van der Waals surface area contributed by atoms with Gasteiger partial charge in [0.05, 0.1) is 17.7 Å². The Balaban J connectivity index is 2.04. The predicted molar refractivity (Wildman–Crippen MR) is 151 cm³/mol. The molecular weight excluding hydrogens is 570 g/mol. The number of amides is 2. The van der Waals surface area contributed by atoms with Crippen molar-refractivity contribution in [1.29, 1.82) is 0 Å². The van der Waals surface area contributed by atoms with E-state index < -0.39 is 28.5 Å². The van der Waals surface area contributed by atoms with Gasteiger partial charge in [0.15, 0.2) is 0 Å². The number of anilines is 1. The first kappa shape index (κ1) is 29.2. The molecule has 0 saturated heterocycles. The summed E-state index contributed by atoms with van der Waals surface area (Å²) in [6.07, 6.45) is 0. The van der Waals surface area contributed by atoms with Gasteiger partial charge in [0.1, 0.15) is 18.3 Å². The van der Waals surface area contributed by atoms with E-state index in [0.717, 1.165) is 14.3 Å². The van der Waals surface area contributed by atoms with Crippen LogP contribution in [-0.2, 0) is 26.2 Å².